The van der Waals surface area contributed by atoms with Crippen LogP contribution in [-0.4, -0.2) is 39.3 Å². The summed E-state index contributed by atoms with van der Waals surface area (Å²) in [6, 6.07) is 7.73. The first-order chi connectivity index (χ1) is 16.3. The summed E-state index contributed by atoms with van der Waals surface area (Å²) in [5.74, 6) is 1.36. The maximum Gasteiger partial charge on any atom is 0.311 e. The Labute approximate surface area is 206 Å². The molecule has 3 rings (SSSR count). The number of aromatic nitrogens is 4. The summed E-state index contributed by atoms with van der Waals surface area (Å²) in [5, 5.41) is 12.4. The van der Waals surface area contributed by atoms with Gasteiger partial charge in [-0.05, 0) is 55.9 Å². The van der Waals surface area contributed by atoms with Gasteiger partial charge >= 0.3 is 5.97 Å². The molecule has 0 aliphatic rings. The number of benzene rings is 1. The Morgan fingerprint density at radius 3 is 2.53 bits per heavy atom. The highest BCUT2D eigenvalue weighted by Crippen LogP contribution is 2.26. The van der Waals surface area contributed by atoms with Gasteiger partial charge in [0.05, 0.1) is 11.6 Å². The van der Waals surface area contributed by atoms with Crippen LogP contribution in [0, 0.1) is 24.7 Å². The molecule has 0 amide bonds. The molecule has 2 heterocycles. The molecule has 1 aromatic carbocycles. The van der Waals surface area contributed by atoms with E-state index in [-0.39, 0.29) is 25.4 Å². The number of nitrogens with one attached hydrogen (secondary N) is 2. The van der Waals surface area contributed by atoms with Crippen molar-refractivity contribution >= 4 is 28.9 Å². The van der Waals surface area contributed by atoms with Crippen LogP contribution in [0.3, 0.4) is 0 Å². The topological polar surface area (TPSA) is 93.5 Å². The monoisotopic (exact) mass is 489 g/mol. The molecule has 186 valence electrons. The molecule has 0 saturated heterocycles. The Morgan fingerprint density at radius 2 is 1.88 bits per heavy atom. The van der Waals surface area contributed by atoms with Crippen LogP contribution in [0.15, 0.2) is 24.3 Å². The van der Waals surface area contributed by atoms with Gasteiger partial charge in [0.15, 0.2) is 18.3 Å². The number of rotatable bonds is 13. The van der Waals surface area contributed by atoms with Crippen LogP contribution in [0.1, 0.15) is 59.1 Å². The van der Waals surface area contributed by atoms with E-state index in [4.69, 9.17) is 21.1 Å². The number of nitrogens with zero attached hydrogens (tertiary/aromatic N) is 3. The van der Waals surface area contributed by atoms with E-state index in [0.717, 1.165) is 42.6 Å². The summed E-state index contributed by atoms with van der Waals surface area (Å²) in [7, 11) is 0. The highest BCUT2D eigenvalue weighted by atomic mass is 35.5. The van der Waals surface area contributed by atoms with Crippen LogP contribution in [0.4, 0.5) is 5.69 Å². The van der Waals surface area contributed by atoms with Crippen LogP contribution in [0.5, 0.6) is 0 Å². The van der Waals surface area contributed by atoms with Gasteiger partial charge in [-0.2, -0.15) is 5.10 Å². The number of aromatic amines is 1. The van der Waals surface area contributed by atoms with Crippen molar-refractivity contribution in [1.82, 2.24) is 19.8 Å². The standard InChI is InChI=1S/C25H36ClN5O3/c1-6-16(3)8-13-21(17(4)7-2)25(32)34-15-33-14-27-20-11-9-19(10-12-20)23-28-24-22(26)18(5)29-31(24)30-23/h9-12,16-17,21,27H,6-8,13-15H2,1-5H3,(H,28,30). The molecule has 2 N–H and O–H groups in total. The molecule has 8 nitrogen and oxygen atoms in total. The van der Waals surface area contributed by atoms with Gasteiger partial charge in [0.2, 0.25) is 0 Å². The number of hydrogen-bond acceptors (Lipinski definition) is 6. The van der Waals surface area contributed by atoms with Crippen molar-refractivity contribution in [1.29, 1.82) is 0 Å². The second-order valence-electron chi connectivity index (χ2n) is 8.98. The van der Waals surface area contributed by atoms with E-state index in [9.17, 15) is 4.79 Å². The first kappa shape index (κ1) is 26.0. The Morgan fingerprint density at radius 1 is 1.15 bits per heavy atom. The molecule has 0 saturated carbocycles. The number of esters is 1. The fourth-order valence-electron chi connectivity index (χ4n) is 3.75. The van der Waals surface area contributed by atoms with Gasteiger partial charge in [-0.1, -0.05) is 52.1 Å². The second-order valence-corrected chi connectivity index (χ2v) is 9.36. The van der Waals surface area contributed by atoms with E-state index in [0.29, 0.717) is 28.3 Å². The van der Waals surface area contributed by atoms with Crippen molar-refractivity contribution in [3.05, 3.63) is 35.0 Å². The minimum absolute atomic E-state index is 0.0629. The molecule has 34 heavy (non-hydrogen) atoms. The lowest BCUT2D eigenvalue weighted by atomic mass is 9.85. The number of anilines is 1. The average molecular weight is 490 g/mol. The molecule has 9 heteroatoms. The third-order valence-electron chi connectivity index (χ3n) is 6.52. The largest absolute Gasteiger partial charge is 0.438 e. The molecule has 0 spiro atoms. The molecule has 0 bridgehead atoms. The Kier molecular flexibility index (Phi) is 9.36. The Bertz CT molecular complexity index is 1060. The molecule has 0 radical (unpaired) electrons. The van der Waals surface area contributed by atoms with Crippen molar-refractivity contribution in [3.63, 3.8) is 0 Å². The van der Waals surface area contributed by atoms with Gasteiger partial charge < -0.3 is 19.8 Å². The van der Waals surface area contributed by atoms with E-state index in [1.54, 1.807) is 0 Å². The van der Waals surface area contributed by atoms with E-state index in [1.165, 1.54) is 4.63 Å². The van der Waals surface area contributed by atoms with Crippen molar-refractivity contribution in [2.75, 3.05) is 18.8 Å². The minimum atomic E-state index is -0.165. The fourth-order valence-corrected chi connectivity index (χ4v) is 3.91. The lowest BCUT2D eigenvalue weighted by Gasteiger charge is -2.22. The molecule has 3 unspecified atom stereocenters. The van der Waals surface area contributed by atoms with Crippen LogP contribution in [0.2, 0.25) is 5.02 Å². The van der Waals surface area contributed by atoms with Crippen LogP contribution >= 0.6 is 11.6 Å². The number of carbonyl (C=O) groups excluding carboxylic acids is 1. The summed E-state index contributed by atoms with van der Waals surface area (Å²) in [5.41, 5.74) is 3.20. The summed E-state index contributed by atoms with van der Waals surface area (Å²) in [6.45, 7) is 10.6. The molecule has 3 atom stereocenters. The Balaban J connectivity index is 1.43. The molecular formula is C25H36ClN5O3. The van der Waals surface area contributed by atoms with E-state index < -0.39 is 0 Å². The normalized spacial score (nSPS) is 14.2. The molecular weight excluding hydrogens is 454 g/mol. The summed E-state index contributed by atoms with van der Waals surface area (Å²) < 4.78 is 12.4. The molecule has 3 aromatic rings. The summed E-state index contributed by atoms with van der Waals surface area (Å²) >= 11 is 6.23. The summed E-state index contributed by atoms with van der Waals surface area (Å²) in [4.78, 5) is 15.8. The van der Waals surface area contributed by atoms with Gasteiger partial charge in [0, 0.05) is 11.3 Å². The molecule has 0 aliphatic heterocycles. The smallest absolute Gasteiger partial charge is 0.311 e. The van der Waals surface area contributed by atoms with E-state index in [2.05, 4.69) is 48.2 Å². The highest BCUT2D eigenvalue weighted by Gasteiger charge is 2.25. The maximum absolute atomic E-state index is 12.6. The Hall–Kier alpha value is -2.58. The predicted molar refractivity (Wildman–Crippen MR) is 135 cm³/mol. The number of aryl methyl sites for hydroxylation is 1. The molecule has 2 aromatic heterocycles. The van der Waals surface area contributed by atoms with Crippen LogP contribution < -0.4 is 5.32 Å². The van der Waals surface area contributed by atoms with Gasteiger partial charge in [0.1, 0.15) is 11.8 Å². The third kappa shape index (κ3) is 6.51. The average Bonchev–Trinajstić information content (AvgIpc) is 3.37. The van der Waals surface area contributed by atoms with Gasteiger partial charge in [-0.15, -0.1) is 9.73 Å². The van der Waals surface area contributed by atoms with Crippen LogP contribution in [0.25, 0.3) is 17.0 Å². The first-order valence-electron chi connectivity index (χ1n) is 12.0. The number of H-pyrrole nitrogens is 1. The number of carbonyl (C=O) groups is 1. The SMILES string of the molecule is CCC(C)CCC(C(=O)OCOCNc1ccc(-c2nn3nc(C)c(Cl)c3[nH]2)cc1)C(C)CC. The zero-order valence-electron chi connectivity index (χ0n) is 20.7. The highest BCUT2D eigenvalue weighted by molar-refractivity contribution is 6.34. The van der Waals surface area contributed by atoms with Gasteiger partial charge in [0.25, 0.3) is 0 Å². The minimum Gasteiger partial charge on any atom is -0.438 e. The number of fused-ring (bicyclic) bond motifs is 1. The zero-order valence-corrected chi connectivity index (χ0v) is 21.5. The predicted octanol–water partition coefficient (Wildman–Crippen LogP) is 6.06. The van der Waals surface area contributed by atoms with Gasteiger partial charge in [-0.3, -0.25) is 4.79 Å². The molecule has 0 fully saturated rings. The quantitative estimate of drug-likeness (QED) is 0.172. The zero-order chi connectivity index (χ0) is 24.7. The third-order valence-corrected chi connectivity index (χ3v) is 6.98. The lowest BCUT2D eigenvalue weighted by molar-refractivity contribution is -0.163. The number of hydrogen-bond donors (Lipinski definition) is 2. The number of ether oxygens (including phenoxy) is 2. The maximum atomic E-state index is 12.6. The summed E-state index contributed by atoms with van der Waals surface area (Å²) in [6.07, 6.45) is 3.98. The van der Waals surface area contributed by atoms with Gasteiger partial charge in [-0.25, -0.2) is 0 Å². The molecule has 0 aliphatic carbocycles. The van der Waals surface area contributed by atoms with Crippen LogP contribution in [-0.2, 0) is 14.3 Å². The van der Waals surface area contributed by atoms with E-state index >= 15 is 0 Å². The fraction of sp³-hybridized carbons (Fsp3) is 0.560. The second kappa shape index (κ2) is 12.2. The van der Waals surface area contributed by atoms with Crippen molar-refractivity contribution in [2.45, 2.75) is 60.3 Å². The number of halogens is 1. The van der Waals surface area contributed by atoms with E-state index in [1.807, 2.05) is 31.2 Å². The first-order valence-corrected chi connectivity index (χ1v) is 12.4. The lowest BCUT2D eigenvalue weighted by Crippen LogP contribution is -2.26. The van der Waals surface area contributed by atoms with Crippen molar-refractivity contribution < 1.29 is 14.3 Å². The van der Waals surface area contributed by atoms with Crippen molar-refractivity contribution in [3.8, 4) is 11.4 Å². The van der Waals surface area contributed by atoms with Crippen molar-refractivity contribution in [2.24, 2.45) is 17.8 Å².